The number of hydrogen-bond acceptors (Lipinski definition) is 3. The van der Waals surface area contributed by atoms with Gasteiger partial charge in [-0.25, -0.2) is 0 Å². The minimum Gasteiger partial charge on any atom is -0.497 e. The van der Waals surface area contributed by atoms with Crippen LogP contribution in [0.25, 0.3) is 0 Å². The van der Waals surface area contributed by atoms with E-state index < -0.39 is 0 Å². The summed E-state index contributed by atoms with van der Waals surface area (Å²) in [4.78, 5) is 9.91. The van der Waals surface area contributed by atoms with Gasteiger partial charge in [-0.15, -0.1) is 0 Å². The number of ether oxygens (including phenoxy) is 1. The molecule has 0 heterocycles. The first-order valence-electron chi connectivity index (χ1n) is 4.05. The Balaban J connectivity index is 2.50. The maximum atomic E-state index is 9.91. The normalized spacial score (nSPS) is 9.62. The monoisotopic (exact) mass is 178 g/mol. The van der Waals surface area contributed by atoms with E-state index in [0.29, 0.717) is 6.54 Å². The van der Waals surface area contributed by atoms with E-state index in [0.717, 1.165) is 11.3 Å². The molecule has 0 atom stereocenters. The van der Waals surface area contributed by atoms with Crippen LogP contribution in [0.4, 0.5) is 0 Å². The van der Waals surface area contributed by atoms with Crippen LogP contribution in [0.5, 0.6) is 5.75 Å². The third-order valence-corrected chi connectivity index (χ3v) is 1.66. The van der Waals surface area contributed by atoms with Crippen molar-refractivity contribution in [2.24, 2.45) is 0 Å². The maximum absolute atomic E-state index is 9.91. The molecule has 0 saturated heterocycles. The van der Waals surface area contributed by atoms with Gasteiger partial charge in [-0.1, -0.05) is 12.1 Å². The quantitative estimate of drug-likeness (QED) is 0.681. The van der Waals surface area contributed by atoms with Crippen LogP contribution in [-0.4, -0.2) is 19.9 Å². The zero-order chi connectivity index (χ0) is 9.52. The average Bonchev–Trinajstić information content (AvgIpc) is 2.19. The Morgan fingerprint density at radius 3 is 3.08 bits per heavy atom. The van der Waals surface area contributed by atoms with Crippen molar-refractivity contribution in [3.8, 4) is 5.75 Å². The zero-order valence-corrected chi connectivity index (χ0v) is 7.54. The smallest absolute Gasteiger partial charge is 0.213 e. The summed E-state index contributed by atoms with van der Waals surface area (Å²) < 4.78 is 5.06. The van der Waals surface area contributed by atoms with Gasteiger partial charge >= 0.3 is 0 Å². The maximum Gasteiger partial charge on any atom is 0.213 e. The predicted octanol–water partition coefficient (Wildman–Crippen LogP) is 0.894. The van der Waals surface area contributed by atoms with Gasteiger partial charge in [0.1, 0.15) is 5.75 Å². The van der Waals surface area contributed by atoms with Crippen LogP contribution in [0.15, 0.2) is 24.3 Å². The molecule has 1 aromatic carbocycles. The van der Waals surface area contributed by atoms with Crippen LogP contribution in [0.3, 0.4) is 0 Å². The molecule has 3 nitrogen and oxygen atoms in total. The molecule has 1 N–H and O–H groups in total. The molecule has 0 saturated carbocycles. The minimum atomic E-state index is 0.261. The minimum absolute atomic E-state index is 0.261. The fourth-order valence-electron chi connectivity index (χ4n) is 1.04. The van der Waals surface area contributed by atoms with Crippen molar-refractivity contribution in [3.63, 3.8) is 0 Å². The van der Waals surface area contributed by atoms with Crippen LogP contribution in [0, 0.1) is 0 Å². The van der Waals surface area contributed by atoms with Crippen molar-refractivity contribution in [1.29, 1.82) is 0 Å². The van der Waals surface area contributed by atoms with Gasteiger partial charge in [-0.2, -0.15) is 0 Å². The number of rotatable bonds is 5. The molecule has 0 aromatic heterocycles. The summed E-state index contributed by atoms with van der Waals surface area (Å²) in [5, 5.41) is 2.92. The Morgan fingerprint density at radius 1 is 1.54 bits per heavy atom. The molecule has 1 rings (SSSR count). The van der Waals surface area contributed by atoms with E-state index in [-0.39, 0.29) is 6.54 Å². The van der Waals surface area contributed by atoms with E-state index in [2.05, 4.69) is 5.32 Å². The summed E-state index contributed by atoms with van der Waals surface area (Å²) in [5.41, 5.74) is 1.09. The Kier molecular flexibility index (Phi) is 3.99. The fraction of sp³-hybridized carbons (Fsp3) is 0.300. The summed E-state index contributed by atoms with van der Waals surface area (Å²) in [5.74, 6) is 0.828. The number of benzene rings is 1. The van der Waals surface area contributed by atoms with Crippen molar-refractivity contribution < 1.29 is 9.53 Å². The number of nitrogens with one attached hydrogen (secondary N) is 1. The first kappa shape index (κ1) is 9.74. The fourth-order valence-corrected chi connectivity index (χ4v) is 1.04. The highest BCUT2D eigenvalue weighted by Gasteiger charge is 1.94. The summed E-state index contributed by atoms with van der Waals surface area (Å²) in [6.07, 6.45) is 1.77. The SMILES string of the molecule is COc1cccc(CNC[C]=O)c1. The standard InChI is InChI=1S/C10H12NO2/c1-13-10-4-2-3-9(7-10)8-11-5-6-12/h2-4,7,11H,5,8H2,1H3. The van der Waals surface area contributed by atoms with Crippen molar-refractivity contribution >= 4 is 6.29 Å². The molecule has 0 aliphatic carbocycles. The average molecular weight is 178 g/mol. The van der Waals surface area contributed by atoms with E-state index in [4.69, 9.17) is 4.74 Å². The van der Waals surface area contributed by atoms with E-state index in [9.17, 15) is 4.79 Å². The first-order chi connectivity index (χ1) is 6.36. The molecule has 0 bridgehead atoms. The second-order valence-corrected chi connectivity index (χ2v) is 2.60. The second kappa shape index (κ2) is 5.32. The van der Waals surface area contributed by atoms with Gasteiger partial charge < -0.3 is 10.1 Å². The molecule has 69 valence electrons. The van der Waals surface area contributed by atoms with Gasteiger partial charge in [0.15, 0.2) is 0 Å². The van der Waals surface area contributed by atoms with Gasteiger partial charge in [0.05, 0.1) is 13.7 Å². The second-order valence-electron chi connectivity index (χ2n) is 2.60. The third-order valence-electron chi connectivity index (χ3n) is 1.66. The number of hydrogen-bond donors (Lipinski definition) is 1. The summed E-state index contributed by atoms with van der Waals surface area (Å²) in [7, 11) is 1.63. The van der Waals surface area contributed by atoms with Crippen LogP contribution >= 0.6 is 0 Å². The lowest BCUT2D eigenvalue weighted by molar-refractivity contribution is 0.414. The van der Waals surface area contributed by atoms with Gasteiger partial charge in [0.2, 0.25) is 6.29 Å². The Bertz CT molecular complexity index is 273. The largest absolute Gasteiger partial charge is 0.497 e. The molecule has 1 aromatic rings. The number of methoxy groups -OCH3 is 1. The molecule has 13 heavy (non-hydrogen) atoms. The molecule has 0 unspecified atom stereocenters. The van der Waals surface area contributed by atoms with Gasteiger partial charge in [-0.05, 0) is 17.7 Å². The van der Waals surface area contributed by atoms with E-state index in [1.807, 2.05) is 24.3 Å². The van der Waals surface area contributed by atoms with E-state index in [1.54, 1.807) is 13.4 Å². The molecule has 3 heteroatoms. The summed E-state index contributed by atoms with van der Waals surface area (Å²) in [6.45, 7) is 0.920. The topological polar surface area (TPSA) is 38.3 Å². The van der Waals surface area contributed by atoms with Gasteiger partial charge in [-0.3, -0.25) is 4.79 Å². The van der Waals surface area contributed by atoms with E-state index >= 15 is 0 Å². The van der Waals surface area contributed by atoms with E-state index in [1.165, 1.54) is 0 Å². The van der Waals surface area contributed by atoms with Crippen LogP contribution < -0.4 is 10.1 Å². The lowest BCUT2D eigenvalue weighted by Crippen LogP contribution is -2.15. The zero-order valence-electron chi connectivity index (χ0n) is 7.54. The molecule has 0 fully saturated rings. The Hall–Kier alpha value is -1.35. The predicted molar refractivity (Wildman–Crippen MR) is 50.4 cm³/mol. The van der Waals surface area contributed by atoms with Crippen LogP contribution in [0.2, 0.25) is 0 Å². The van der Waals surface area contributed by atoms with Crippen molar-refractivity contribution in [3.05, 3.63) is 29.8 Å². The lowest BCUT2D eigenvalue weighted by atomic mass is 10.2. The molecule has 0 spiro atoms. The molecule has 0 amide bonds. The van der Waals surface area contributed by atoms with Gasteiger partial charge in [0.25, 0.3) is 0 Å². The van der Waals surface area contributed by atoms with Crippen LogP contribution in [0.1, 0.15) is 5.56 Å². The molecular weight excluding hydrogens is 166 g/mol. The third kappa shape index (κ3) is 3.25. The summed E-state index contributed by atoms with van der Waals surface area (Å²) in [6, 6.07) is 7.70. The Labute approximate surface area is 77.7 Å². The highest BCUT2D eigenvalue weighted by atomic mass is 16.5. The first-order valence-corrected chi connectivity index (χ1v) is 4.05. The highest BCUT2D eigenvalue weighted by Crippen LogP contribution is 2.11. The van der Waals surface area contributed by atoms with Crippen molar-refractivity contribution in [2.45, 2.75) is 6.54 Å². The van der Waals surface area contributed by atoms with Crippen molar-refractivity contribution in [2.75, 3.05) is 13.7 Å². The lowest BCUT2D eigenvalue weighted by Gasteiger charge is -2.03. The molecular formula is C10H12NO2. The van der Waals surface area contributed by atoms with Crippen LogP contribution in [-0.2, 0) is 11.3 Å². The van der Waals surface area contributed by atoms with Crippen molar-refractivity contribution in [1.82, 2.24) is 5.32 Å². The molecule has 0 aliphatic rings. The number of carbonyl (C=O) groups excluding carboxylic acids is 1. The highest BCUT2D eigenvalue weighted by molar-refractivity contribution is 5.52. The summed E-state index contributed by atoms with van der Waals surface area (Å²) >= 11 is 0. The van der Waals surface area contributed by atoms with Gasteiger partial charge in [0, 0.05) is 6.54 Å². The Morgan fingerprint density at radius 2 is 2.38 bits per heavy atom. The molecule has 1 radical (unpaired) electrons. The molecule has 0 aliphatic heterocycles.